The number of hydrogen-bond donors (Lipinski definition) is 1. The maximum atomic E-state index is 14.3. The molecule has 0 heterocycles. The number of nitrogens with one attached hydrogen (secondary N) is 1. The van der Waals surface area contributed by atoms with Crippen LogP contribution >= 0.6 is 11.6 Å². The number of ether oxygens (including phenoxy) is 1. The first-order valence-electron chi connectivity index (χ1n) is 6.40. The normalized spacial score (nSPS) is 12.2. The topological polar surface area (TPSA) is 21.3 Å². The second kappa shape index (κ2) is 6.73. The molecule has 2 nitrogen and oxygen atoms in total. The van der Waals surface area contributed by atoms with Gasteiger partial charge in [-0.1, -0.05) is 41.9 Å². The SMILES string of the molecule is CNC(Cc1ccccc1Cl)c1cccc(OC)c1F. The summed E-state index contributed by atoms with van der Waals surface area (Å²) in [5.41, 5.74) is 1.56. The molecule has 2 aromatic rings. The minimum Gasteiger partial charge on any atom is -0.494 e. The largest absolute Gasteiger partial charge is 0.494 e. The maximum Gasteiger partial charge on any atom is 0.169 e. The smallest absolute Gasteiger partial charge is 0.169 e. The van der Waals surface area contributed by atoms with Crippen LogP contribution in [0.3, 0.4) is 0 Å². The summed E-state index contributed by atoms with van der Waals surface area (Å²) in [6.07, 6.45) is 0.611. The van der Waals surface area contributed by atoms with Gasteiger partial charge in [-0.25, -0.2) is 4.39 Å². The lowest BCUT2D eigenvalue weighted by molar-refractivity contribution is 0.380. The third-order valence-electron chi connectivity index (χ3n) is 3.32. The number of hydrogen-bond acceptors (Lipinski definition) is 2. The van der Waals surface area contributed by atoms with Crippen molar-refractivity contribution in [3.63, 3.8) is 0 Å². The summed E-state index contributed by atoms with van der Waals surface area (Å²) in [6.45, 7) is 0. The fraction of sp³-hybridized carbons (Fsp3) is 0.250. The van der Waals surface area contributed by atoms with Gasteiger partial charge in [-0.2, -0.15) is 0 Å². The standard InChI is InChI=1S/C16H17ClFNO/c1-19-14(10-11-6-3-4-8-13(11)17)12-7-5-9-15(20-2)16(12)18/h3-9,14,19H,10H2,1-2H3. The summed E-state index contributed by atoms with van der Waals surface area (Å²) in [6, 6.07) is 12.6. The molecular formula is C16H17ClFNO. The van der Waals surface area contributed by atoms with Crippen LogP contribution in [0.2, 0.25) is 5.02 Å². The lowest BCUT2D eigenvalue weighted by Gasteiger charge is -2.19. The van der Waals surface area contributed by atoms with Gasteiger partial charge in [-0.15, -0.1) is 0 Å². The van der Waals surface area contributed by atoms with E-state index >= 15 is 0 Å². The van der Waals surface area contributed by atoms with Crippen LogP contribution in [0.1, 0.15) is 17.2 Å². The number of halogens is 2. The molecule has 0 aliphatic rings. The zero-order valence-electron chi connectivity index (χ0n) is 11.5. The van der Waals surface area contributed by atoms with Gasteiger partial charge in [0.25, 0.3) is 0 Å². The molecule has 0 saturated carbocycles. The van der Waals surface area contributed by atoms with E-state index in [1.54, 1.807) is 25.2 Å². The van der Waals surface area contributed by atoms with Gasteiger partial charge in [0, 0.05) is 16.6 Å². The Bertz CT molecular complexity index is 588. The molecule has 0 radical (unpaired) electrons. The van der Waals surface area contributed by atoms with Crippen molar-refractivity contribution in [3.05, 3.63) is 64.4 Å². The third kappa shape index (κ3) is 3.11. The molecule has 0 fully saturated rings. The highest BCUT2D eigenvalue weighted by Gasteiger charge is 2.18. The van der Waals surface area contributed by atoms with E-state index in [9.17, 15) is 4.39 Å². The molecule has 0 spiro atoms. The summed E-state index contributed by atoms with van der Waals surface area (Å²) in [4.78, 5) is 0. The van der Waals surface area contributed by atoms with E-state index in [2.05, 4.69) is 5.32 Å². The van der Waals surface area contributed by atoms with Gasteiger partial charge in [-0.05, 0) is 31.2 Å². The lowest BCUT2D eigenvalue weighted by atomic mass is 9.98. The Morgan fingerprint density at radius 1 is 1.20 bits per heavy atom. The fourth-order valence-electron chi connectivity index (χ4n) is 2.21. The van der Waals surface area contributed by atoms with Crippen molar-refractivity contribution in [3.8, 4) is 5.75 Å². The molecular weight excluding hydrogens is 277 g/mol. The van der Waals surface area contributed by atoms with Crippen LogP contribution < -0.4 is 10.1 Å². The van der Waals surface area contributed by atoms with Crippen molar-refractivity contribution >= 4 is 11.6 Å². The highest BCUT2D eigenvalue weighted by atomic mass is 35.5. The second-order valence-electron chi connectivity index (χ2n) is 4.50. The Morgan fingerprint density at radius 3 is 2.60 bits per heavy atom. The molecule has 1 N–H and O–H groups in total. The van der Waals surface area contributed by atoms with E-state index in [1.807, 2.05) is 24.3 Å². The molecule has 0 amide bonds. The zero-order chi connectivity index (χ0) is 14.5. The molecule has 0 saturated heterocycles. The molecule has 0 bridgehead atoms. The van der Waals surface area contributed by atoms with Crippen LogP contribution in [0.5, 0.6) is 5.75 Å². The van der Waals surface area contributed by atoms with E-state index in [0.717, 1.165) is 5.56 Å². The van der Waals surface area contributed by atoms with Crippen molar-refractivity contribution < 1.29 is 9.13 Å². The minimum atomic E-state index is -0.332. The van der Waals surface area contributed by atoms with E-state index in [4.69, 9.17) is 16.3 Å². The summed E-state index contributed by atoms with van der Waals surface area (Å²) >= 11 is 6.16. The van der Waals surface area contributed by atoms with Crippen molar-refractivity contribution in [1.29, 1.82) is 0 Å². The van der Waals surface area contributed by atoms with Crippen LogP contribution in [0.15, 0.2) is 42.5 Å². The lowest BCUT2D eigenvalue weighted by Crippen LogP contribution is -2.20. The highest BCUT2D eigenvalue weighted by molar-refractivity contribution is 6.31. The van der Waals surface area contributed by atoms with Gasteiger partial charge in [0.1, 0.15) is 0 Å². The van der Waals surface area contributed by atoms with E-state index < -0.39 is 0 Å². The number of benzene rings is 2. The van der Waals surface area contributed by atoms with Gasteiger partial charge in [-0.3, -0.25) is 0 Å². The number of methoxy groups -OCH3 is 1. The van der Waals surface area contributed by atoms with Crippen LogP contribution in [-0.4, -0.2) is 14.2 Å². The molecule has 1 atom stereocenters. The van der Waals surface area contributed by atoms with Crippen LogP contribution in [0.25, 0.3) is 0 Å². The second-order valence-corrected chi connectivity index (χ2v) is 4.91. The van der Waals surface area contributed by atoms with Gasteiger partial charge in [0.2, 0.25) is 0 Å². The monoisotopic (exact) mass is 293 g/mol. The van der Waals surface area contributed by atoms with E-state index in [0.29, 0.717) is 17.0 Å². The van der Waals surface area contributed by atoms with Crippen LogP contribution in [0.4, 0.5) is 4.39 Å². The van der Waals surface area contributed by atoms with Gasteiger partial charge >= 0.3 is 0 Å². The first-order valence-corrected chi connectivity index (χ1v) is 6.78. The van der Waals surface area contributed by atoms with Crippen molar-refractivity contribution in [2.45, 2.75) is 12.5 Å². The quantitative estimate of drug-likeness (QED) is 0.900. The average molecular weight is 294 g/mol. The predicted octanol–water partition coefficient (Wildman–Crippen LogP) is 3.99. The highest BCUT2D eigenvalue weighted by Crippen LogP contribution is 2.28. The molecule has 0 aromatic heterocycles. The Labute approximate surface area is 123 Å². The van der Waals surface area contributed by atoms with Gasteiger partial charge < -0.3 is 10.1 Å². The molecule has 0 aliphatic carbocycles. The van der Waals surface area contributed by atoms with Gasteiger partial charge in [0.15, 0.2) is 11.6 Å². The Morgan fingerprint density at radius 2 is 1.95 bits per heavy atom. The fourth-order valence-corrected chi connectivity index (χ4v) is 2.42. The van der Waals surface area contributed by atoms with Gasteiger partial charge in [0.05, 0.1) is 7.11 Å². The molecule has 2 aromatic carbocycles. The number of likely N-dealkylation sites (N-methyl/N-ethyl adjacent to an activating group) is 1. The van der Waals surface area contributed by atoms with Crippen LogP contribution in [0, 0.1) is 5.82 Å². The average Bonchev–Trinajstić information content (AvgIpc) is 2.47. The first-order chi connectivity index (χ1) is 9.67. The molecule has 106 valence electrons. The number of rotatable bonds is 5. The third-order valence-corrected chi connectivity index (χ3v) is 3.69. The van der Waals surface area contributed by atoms with Crippen LogP contribution in [-0.2, 0) is 6.42 Å². The molecule has 1 unspecified atom stereocenters. The minimum absolute atomic E-state index is 0.162. The Balaban J connectivity index is 2.32. The summed E-state index contributed by atoms with van der Waals surface area (Å²) in [5, 5.41) is 3.82. The van der Waals surface area contributed by atoms with E-state index in [1.165, 1.54) is 7.11 Å². The molecule has 2 rings (SSSR count). The maximum absolute atomic E-state index is 14.3. The molecule has 20 heavy (non-hydrogen) atoms. The summed E-state index contributed by atoms with van der Waals surface area (Å²) < 4.78 is 19.3. The van der Waals surface area contributed by atoms with Crippen molar-refractivity contribution in [1.82, 2.24) is 5.32 Å². The van der Waals surface area contributed by atoms with Crippen molar-refractivity contribution in [2.24, 2.45) is 0 Å². The van der Waals surface area contributed by atoms with E-state index in [-0.39, 0.29) is 17.6 Å². The Kier molecular flexibility index (Phi) is 4.99. The summed E-state index contributed by atoms with van der Waals surface area (Å²) in [7, 11) is 3.27. The zero-order valence-corrected chi connectivity index (χ0v) is 12.2. The Hall–Kier alpha value is -1.58. The molecule has 0 aliphatic heterocycles. The van der Waals surface area contributed by atoms with Crippen molar-refractivity contribution in [2.75, 3.05) is 14.2 Å². The summed E-state index contributed by atoms with van der Waals surface area (Å²) in [5.74, 6) is -0.0803. The molecule has 4 heteroatoms. The predicted molar refractivity (Wildman–Crippen MR) is 79.9 cm³/mol. The first kappa shape index (κ1) is 14.8.